The summed E-state index contributed by atoms with van der Waals surface area (Å²) in [5, 5.41) is 0. The fourth-order valence-electron chi connectivity index (χ4n) is 3.80. The largest absolute Gasteiger partial charge is 0.497 e. The summed E-state index contributed by atoms with van der Waals surface area (Å²) in [6.45, 7) is 0. The van der Waals surface area contributed by atoms with E-state index in [1.54, 1.807) is 31.4 Å². The summed E-state index contributed by atoms with van der Waals surface area (Å²) in [4.78, 5) is 26.8. The molecule has 1 atom stereocenters. The van der Waals surface area contributed by atoms with Gasteiger partial charge in [0.15, 0.2) is 11.6 Å². The fraction of sp³-hybridized carbons (Fsp3) is 0.167. The van der Waals surface area contributed by atoms with Crippen LogP contribution in [0.4, 0.5) is 0 Å². The van der Waals surface area contributed by atoms with Crippen LogP contribution in [0.25, 0.3) is 0 Å². The van der Waals surface area contributed by atoms with Gasteiger partial charge in [0.25, 0.3) is 0 Å². The molecular weight excluding hydrogens is 336 g/mol. The van der Waals surface area contributed by atoms with Gasteiger partial charge in [-0.2, -0.15) is 0 Å². The molecule has 0 spiro atoms. The molecule has 3 heteroatoms. The molecular formula is C24H20O3. The van der Waals surface area contributed by atoms with Crippen molar-refractivity contribution in [3.8, 4) is 5.75 Å². The lowest BCUT2D eigenvalue weighted by Crippen LogP contribution is -2.28. The summed E-state index contributed by atoms with van der Waals surface area (Å²) in [6, 6.07) is 25.8. The molecule has 1 unspecified atom stereocenters. The van der Waals surface area contributed by atoms with E-state index in [-0.39, 0.29) is 17.5 Å². The molecule has 134 valence electrons. The van der Waals surface area contributed by atoms with Crippen molar-refractivity contribution in [2.45, 2.75) is 12.3 Å². The molecule has 0 saturated heterocycles. The van der Waals surface area contributed by atoms with Gasteiger partial charge in [0.1, 0.15) is 11.2 Å². The zero-order valence-corrected chi connectivity index (χ0v) is 15.1. The molecule has 0 aromatic heterocycles. The predicted molar refractivity (Wildman–Crippen MR) is 104 cm³/mol. The number of ether oxygens (including phenoxy) is 1. The molecule has 0 heterocycles. The molecule has 0 bridgehead atoms. The molecule has 0 amide bonds. The first-order valence-electron chi connectivity index (χ1n) is 9.00. The van der Waals surface area contributed by atoms with Crippen molar-refractivity contribution >= 4 is 11.6 Å². The van der Waals surface area contributed by atoms with Crippen molar-refractivity contribution in [1.29, 1.82) is 0 Å². The van der Waals surface area contributed by atoms with Crippen molar-refractivity contribution in [2.24, 2.45) is 5.41 Å². The molecule has 1 fully saturated rings. The van der Waals surface area contributed by atoms with E-state index in [2.05, 4.69) is 0 Å². The van der Waals surface area contributed by atoms with Crippen molar-refractivity contribution in [1.82, 2.24) is 0 Å². The van der Waals surface area contributed by atoms with Crippen molar-refractivity contribution in [3.05, 3.63) is 102 Å². The van der Waals surface area contributed by atoms with Gasteiger partial charge >= 0.3 is 0 Å². The standard InChI is InChI=1S/C24H20O3/c1-27-20-14-12-17(13-15-20)21-16-24(21,22(25)18-8-4-2-5-9-18)23(26)19-10-6-3-7-11-19/h2-15,21H,16H2,1H3. The quantitative estimate of drug-likeness (QED) is 0.464. The van der Waals surface area contributed by atoms with E-state index in [1.807, 2.05) is 60.7 Å². The third-order valence-corrected chi connectivity index (χ3v) is 5.36. The minimum Gasteiger partial charge on any atom is -0.497 e. The van der Waals surface area contributed by atoms with Gasteiger partial charge in [0.2, 0.25) is 0 Å². The number of hydrogen-bond acceptors (Lipinski definition) is 3. The molecule has 1 saturated carbocycles. The number of methoxy groups -OCH3 is 1. The molecule has 0 radical (unpaired) electrons. The maximum Gasteiger partial charge on any atom is 0.177 e. The number of Topliss-reactive ketones (excluding diaryl/α,β-unsaturated/α-hetero) is 2. The highest BCUT2D eigenvalue weighted by molar-refractivity contribution is 6.23. The summed E-state index contributed by atoms with van der Waals surface area (Å²) >= 11 is 0. The average molecular weight is 356 g/mol. The van der Waals surface area contributed by atoms with Gasteiger partial charge in [-0.15, -0.1) is 0 Å². The van der Waals surface area contributed by atoms with E-state index in [0.29, 0.717) is 17.5 Å². The Morgan fingerprint density at radius 1 is 0.778 bits per heavy atom. The third-order valence-electron chi connectivity index (χ3n) is 5.36. The maximum absolute atomic E-state index is 13.4. The summed E-state index contributed by atoms with van der Waals surface area (Å²) in [5.74, 6) is 0.438. The summed E-state index contributed by atoms with van der Waals surface area (Å²) < 4.78 is 5.22. The molecule has 0 N–H and O–H groups in total. The zero-order valence-electron chi connectivity index (χ0n) is 15.1. The van der Waals surface area contributed by atoms with Crippen LogP contribution in [-0.2, 0) is 0 Å². The monoisotopic (exact) mass is 356 g/mol. The lowest BCUT2D eigenvalue weighted by atomic mass is 9.83. The van der Waals surface area contributed by atoms with E-state index in [1.165, 1.54) is 0 Å². The van der Waals surface area contributed by atoms with E-state index in [9.17, 15) is 9.59 Å². The van der Waals surface area contributed by atoms with Gasteiger partial charge in [-0.1, -0.05) is 72.8 Å². The second-order valence-electron chi connectivity index (χ2n) is 6.89. The summed E-state index contributed by atoms with van der Waals surface area (Å²) in [6.07, 6.45) is 0.529. The van der Waals surface area contributed by atoms with Gasteiger partial charge in [-0.05, 0) is 24.1 Å². The Hall–Kier alpha value is -3.20. The predicted octanol–water partition coefficient (Wildman–Crippen LogP) is 4.93. The van der Waals surface area contributed by atoms with Crippen LogP contribution in [0, 0.1) is 5.41 Å². The Morgan fingerprint density at radius 2 is 1.26 bits per heavy atom. The van der Waals surface area contributed by atoms with Gasteiger partial charge in [-0.25, -0.2) is 0 Å². The Morgan fingerprint density at radius 3 is 1.70 bits per heavy atom. The molecule has 3 aromatic carbocycles. The normalized spacial score (nSPS) is 17.1. The molecule has 3 nitrogen and oxygen atoms in total. The van der Waals surface area contributed by atoms with E-state index in [4.69, 9.17) is 4.74 Å². The topological polar surface area (TPSA) is 43.4 Å². The minimum atomic E-state index is -1.03. The van der Waals surface area contributed by atoms with Gasteiger partial charge < -0.3 is 4.74 Å². The number of benzene rings is 3. The van der Waals surface area contributed by atoms with Crippen LogP contribution in [0.15, 0.2) is 84.9 Å². The number of carbonyl (C=O) groups is 2. The first kappa shape index (κ1) is 17.2. The first-order valence-corrected chi connectivity index (χ1v) is 9.00. The Labute approximate surface area is 158 Å². The second-order valence-corrected chi connectivity index (χ2v) is 6.89. The molecule has 1 aliphatic carbocycles. The SMILES string of the molecule is COc1ccc(C2CC2(C(=O)c2ccccc2)C(=O)c2ccccc2)cc1. The van der Waals surface area contributed by atoms with Crippen LogP contribution in [-0.4, -0.2) is 18.7 Å². The van der Waals surface area contributed by atoms with E-state index < -0.39 is 5.41 Å². The number of hydrogen-bond donors (Lipinski definition) is 0. The van der Waals surface area contributed by atoms with Crippen molar-refractivity contribution in [3.63, 3.8) is 0 Å². The van der Waals surface area contributed by atoms with Gasteiger partial charge in [0.05, 0.1) is 7.11 Å². The number of ketones is 2. The average Bonchev–Trinajstić information content (AvgIpc) is 3.51. The van der Waals surface area contributed by atoms with Crippen LogP contribution < -0.4 is 4.74 Å². The molecule has 0 aliphatic heterocycles. The van der Waals surface area contributed by atoms with Gasteiger partial charge in [-0.3, -0.25) is 9.59 Å². The third kappa shape index (κ3) is 2.95. The van der Waals surface area contributed by atoms with Crippen molar-refractivity contribution in [2.75, 3.05) is 7.11 Å². The van der Waals surface area contributed by atoms with Crippen LogP contribution in [0.1, 0.15) is 38.6 Å². The summed E-state index contributed by atoms with van der Waals surface area (Å²) in [7, 11) is 1.62. The van der Waals surface area contributed by atoms with E-state index >= 15 is 0 Å². The molecule has 4 rings (SSSR count). The Balaban J connectivity index is 1.75. The highest BCUT2D eigenvalue weighted by Crippen LogP contribution is 2.62. The Bertz CT molecular complexity index is 908. The smallest absolute Gasteiger partial charge is 0.177 e. The van der Waals surface area contributed by atoms with Crippen molar-refractivity contribution < 1.29 is 14.3 Å². The highest BCUT2D eigenvalue weighted by Gasteiger charge is 2.65. The lowest BCUT2D eigenvalue weighted by molar-refractivity contribution is 0.0776. The zero-order chi connectivity index (χ0) is 18.9. The van der Waals surface area contributed by atoms with Crippen LogP contribution in [0.3, 0.4) is 0 Å². The maximum atomic E-state index is 13.4. The minimum absolute atomic E-state index is 0.0993. The molecule has 1 aliphatic rings. The molecule has 27 heavy (non-hydrogen) atoms. The molecule has 3 aromatic rings. The number of carbonyl (C=O) groups excluding carboxylic acids is 2. The fourth-order valence-corrected chi connectivity index (χ4v) is 3.80. The number of rotatable bonds is 6. The highest BCUT2D eigenvalue weighted by atomic mass is 16.5. The van der Waals surface area contributed by atoms with Crippen LogP contribution in [0.5, 0.6) is 5.75 Å². The summed E-state index contributed by atoms with van der Waals surface area (Å²) in [5.41, 5.74) is 1.12. The van der Waals surface area contributed by atoms with Gasteiger partial charge in [0, 0.05) is 17.0 Å². The van der Waals surface area contributed by atoms with Crippen LogP contribution >= 0.6 is 0 Å². The van der Waals surface area contributed by atoms with E-state index in [0.717, 1.165) is 11.3 Å². The second kappa shape index (κ2) is 6.84. The van der Waals surface area contributed by atoms with Crippen LogP contribution in [0.2, 0.25) is 0 Å². The lowest BCUT2D eigenvalue weighted by Gasteiger charge is -2.16. The Kier molecular flexibility index (Phi) is 4.36. The first-order chi connectivity index (χ1) is 13.2.